The Balaban J connectivity index is 1.13. The molecular weight excluding hydrogens is 653 g/mol. The molecule has 0 heterocycles. The summed E-state index contributed by atoms with van der Waals surface area (Å²) in [6.07, 6.45) is 19.1. The van der Waals surface area contributed by atoms with Crippen molar-refractivity contribution >= 4 is 33.5 Å². The van der Waals surface area contributed by atoms with Crippen LogP contribution in [0.5, 0.6) is 0 Å². The highest BCUT2D eigenvalue weighted by Gasteiger charge is 2.43. The van der Waals surface area contributed by atoms with Gasteiger partial charge in [0, 0.05) is 39.0 Å². The summed E-state index contributed by atoms with van der Waals surface area (Å²) in [5, 5.41) is 2.57. The summed E-state index contributed by atoms with van der Waals surface area (Å²) < 4.78 is 0. The highest BCUT2D eigenvalue weighted by Crippen LogP contribution is 2.59. The summed E-state index contributed by atoms with van der Waals surface area (Å²) in [6, 6.07) is 45.9. The molecule has 6 aromatic rings. The lowest BCUT2D eigenvalue weighted by molar-refractivity contribution is 0.651. The van der Waals surface area contributed by atoms with Crippen LogP contribution in [0.25, 0.3) is 33.0 Å². The predicted molar refractivity (Wildman–Crippen MR) is 229 cm³/mol. The Bertz CT molecular complexity index is 2540. The van der Waals surface area contributed by atoms with Crippen molar-refractivity contribution in [1.29, 1.82) is 0 Å². The van der Waals surface area contributed by atoms with Gasteiger partial charge in [0.05, 0.1) is 11.7 Å². The zero-order valence-electron chi connectivity index (χ0n) is 31.7. The van der Waals surface area contributed by atoms with E-state index in [2.05, 4.69) is 201 Å². The number of allylic oxidation sites excluding steroid dienone is 6. The van der Waals surface area contributed by atoms with Gasteiger partial charge in [0.1, 0.15) is 0 Å². The number of para-hydroxylation sites is 2. The Labute approximate surface area is 320 Å². The fourth-order valence-corrected chi connectivity index (χ4v) is 9.81. The topological polar surface area (TPSA) is 6.48 Å². The normalized spacial score (nSPS) is 18.1. The van der Waals surface area contributed by atoms with Crippen LogP contribution in [0.2, 0.25) is 0 Å². The third kappa shape index (κ3) is 4.93. The van der Waals surface area contributed by atoms with Crippen molar-refractivity contribution in [2.75, 3.05) is 9.80 Å². The summed E-state index contributed by atoms with van der Waals surface area (Å²) in [5.41, 5.74) is 17.0. The van der Waals surface area contributed by atoms with Crippen LogP contribution >= 0.6 is 0 Å². The average Bonchev–Trinajstić information content (AvgIpc) is 3.57. The van der Waals surface area contributed by atoms with Crippen molar-refractivity contribution in [1.82, 2.24) is 0 Å². The third-order valence-electron chi connectivity index (χ3n) is 12.6. The van der Waals surface area contributed by atoms with Crippen LogP contribution in [-0.4, -0.2) is 6.04 Å². The van der Waals surface area contributed by atoms with E-state index in [1.807, 2.05) is 0 Å². The Hall–Kier alpha value is -5.86. The van der Waals surface area contributed by atoms with Gasteiger partial charge in [-0.1, -0.05) is 131 Å². The van der Waals surface area contributed by atoms with Crippen LogP contribution in [-0.2, 0) is 10.8 Å². The molecule has 0 saturated heterocycles. The van der Waals surface area contributed by atoms with Crippen molar-refractivity contribution in [3.63, 3.8) is 0 Å². The lowest BCUT2D eigenvalue weighted by atomic mass is 9.79. The molecule has 1 unspecified atom stereocenters. The van der Waals surface area contributed by atoms with E-state index in [1.54, 1.807) is 0 Å². The van der Waals surface area contributed by atoms with E-state index >= 15 is 0 Å². The van der Waals surface area contributed by atoms with E-state index in [0.29, 0.717) is 6.04 Å². The molecule has 2 nitrogen and oxygen atoms in total. The lowest BCUT2D eigenvalue weighted by Crippen LogP contribution is -2.34. The second-order valence-corrected chi connectivity index (χ2v) is 16.4. The number of rotatable bonds is 6. The predicted octanol–water partition coefficient (Wildman–Crippen LogP) is 13.8. The summed E-state index contributed by atoms with van der Waals surface area (Å²) in [5.74, 6) is 0. The van der Waals surface area contributed by atoms with Gasteiger partial charge < -0.3 is 9.80 Å². The number of anilines is 4. The van der Waals surface area contributed by atoms with Crippen LogP contribution in [0.1, 0.15) is 69.2 Å². The van der Waals surface area contributed by atoms with Gasteiger partial charge in [-0.2, -0.15) is 0 Å². The summed E-state index contributed by atoms with van der Waals surface area (Å²) in [7, 11) is 0. The zero-order valence-corrected chi connectivity index (χ0v) is 31.7. The van der Waals surface area contributed by atoms with E-state index in [-0.39, 0.29) is 10.8 Å². The van der Waals surface area contributed by atoms with Crippen molar-refractivity contribution in [2.45, 2.75) is 63.8 Å². The molecule has 4 aliphatic carbocycles. The first-order valence-corrected chi connectivity index (χ1v) is 19.6. The van der Waals surface area contributed by atoms with E-state index in [4.69, 9.17) is 0 Å². The molecule has 0 bridgehead atoms. The smallest absolute Gasteiger partial charge is 0.0556 e. The molecule has 10 rings (SSSR count). The molecule has 4 aliphatic rings. The Morgan fingerprint density at radius 2 is 1.19 bits per heavy atom. The molecule has 0 aromatic heterocycles. The van der Waals surface area contributed by atoms with Crippen molar-refractivity contribution in [3.05, 3.63) is 192 Å². The molecular formula is C52H46N2. The fraction of sp³-hybridized carbons (Fsp3) is 0.192. The number of hydrogen-bond acceptors (Lipinski definition) is 2. The van der Waals surface area contributed by atoms with Crippen LogP contribution < -0.4 is 9.80 Å². The number of hydrogen-bond donors (Lipinski definition) is 0. The number of nitrogens with zero attached hydrogens (tertiary/aromatic N) is 2. The fourth-order valence-electron chi connectivity index (χ4n) is 9.81. The van der Waals surface area contributed by atoms with Crippen LogP contribution in [0.3, 0.4) is 0 Å². The maximum absolute atomic E-state index is 2.60. The molecule has 0 aliphatic heterocycles. The average molecular weight is 699 g/mol. The van der Waals surface area contributed by atoms with Crippen LogP contribution in [0.4, 0.5) is 22.7 Å². The van der Waals surface area contributed by atoms with Gasteiger partial charge in [0.15, 0.2) is 0 Å². The van der Waals surface area contributed by atoms with Gasteiger partial charge in [0.2, 0.25) is 0 Å². The number of benzene rings is 6. The van der Waals surface area contributed by atoms with Crippen molar-refractivity contribution < 1.29 is 0 Å². The van der Waals surface area contributed by atoms with E-state index in [9.17, 15) is 0 Å². The SMILES string of the molecule is CC1(C)c2cc(N(C3=CC=CCC3)C3C=CC=CC3)ccc2-c2cc3c(cc21)-c1c(cc(N(c2ccccc2)c2ccccc2)c2ccccc12)C3(C)C. The maximum atomic E-state index is 2.60. The van der Waals surface area contributed by atoms with E-state index in [1.165, 1.54) is 72.4 Å². The highest BCUT2D eigenvalue weighted by molar-refractivity contribution is 6.10. The number of fused-ring (bicyclic) bond motifs is 8. The van der Waals surface area contributed by atoms with Gasteiger partial charge in [-0.15, -0.1) is 0 Å². The molecule has 0 spiro atoms. The highest BCUT2D eigenvalue weighted by atomic mass is 15.2. The summed E-state index contributed by atoms with van der Waals surface area (Å²) in [6.45, 7) is 9.73. The van der Waals surface area contributed by atoms with Gasteiger partial charge in [0.25, 0.3) is 0 Å². The molecule has 2 heteroatoms. The second kappa shape index (κ2) is 12.4. The molecule has 0 fully saturated rings. The van der Waals surface area contributed by atoms with Crippen LogP contribution in [0.15, 0.2) is 170 Å². The van der Waals surface area contributed by atoms with Gasteiger partial charge in [-0.25, -0.2) is 0 Å². The first-order valence-electron chi connectivity index (χ1n) is 19.6. The zero-order chi connectivity index (χ0) is 36.6. The Morgan fingerprint density at radius 1 is 0.537 bits per heavy atom. The van der Waals surface area contributed by atoms with E-state index < -0.39 is 0 Å². The molecule has 0 radical (unpaired) electrons. The monoisotopic (exact) mass is 698 g/mol. The first kappa shape index (κ1) is 32.8. The second-order valence-electron chi connectivity index (χ2n) is 16.4. The standard InChI is InChI=1S/C52H46N2/c1-51(2)45-31-39(53(35-19-9-5-10-20-35)36-21-11-6-12-22-36)29-30-40(45)43-32-47-44(33-46(43)51)50-42-28-18-17-27-41(42)49(34-48(50)52(47,3)4)54(37-23-13-7-14-24-37)38-25-15-8-16-26-38/h5-11,13-19,21,23-35H,12,20,22H2,1-4H3. The molecule has 0 amide bonds. The quantitative estimate of drug-likeness (QED) is 0.171. The molecule has 54 heavy (non-hydrogen) atoms. The van der Waals surface area contributed by atoms with Crippen LogP contribution in [0, 0.1) is 0 Å². The first-order chi connectivity index (χ1) is 26.3. The molecule has 0 saturated carbocycles. The van der Waals surface area contributed by atoms with Gasteiger partial charge in [-0.3, -0.25) is 0 Å². The maximum Gasteiger partial charge on any atom is 0.0556 e. The van der Waals surface area contributed by atoms with Gasteiger partial charge >= 0.3 is 0 Å². The summed E-state index contributed by atoms with van der Waals surface area (Å²) >= 11 is 0. The Morgan fingerprint density at radius 3 is 1.87 bits per heavy atom. The molecule has 0 N–H and O–H groups in total. The summed E-state index contributed by atoms with van der Waals surface area (Å²) in [4.78, 5) is 5.03. The molecule has 264 valence electrons. The van der Waals surface area contributed by atoms with Gasteiger partial charge in [-0.05, 0) is 130 Å². The molecule has 1 atom stereocenters. The van der Waals surface area contributed by atoms with E-state index in [0.717, 1.165) is 30.6 Å². The minimum atomic E-state index is -0.191. The minimum Gasteiger partial charge on any atom is -0.338 e. The largest absolute Gasteiger partial charge is 0.338 e. The lowest BCUT2D eigenvalue weighted by Gasteiger charge is -2.36. The third-order valence-corrected chi connectivity index (χ3v) is 12.6. The van der Waals surface area contributed by atoms with Crippen molar-refractivity contribution in [2.24, 2.45) is 0 Å². The minimum absolute atomic E-state index is 0.148. The molecule has 6 aromatic carbocycles. The Kier molecular flexibility index (Phi) is 7.49. The van der Waals surface area contributed by atoms with Crippen molar-refractivity contribution in [3.8, 4) is 22.3 Å².